The molecule has 144 valence electrons. The van der Waals surface area contributed by atoms with E-state index >= 15 is 0 Å². The van der Waals surface area contributed by atoms with Crippen LogP contribution in [0.15, 0.2) is 41.3 Å². The lowest BCUT2D eigenvalue weighted by Gasteiger charge is -2.12. The van der Waals surface area contributed by atoms with Crippen LogP contribution in [0, 0.1) is 6.92 Å². The van der Waals surface area contributed by atoms with Crippen LogP contribution in [0.4, 0.5) is 5.69 Å². The van der Waals surface area contributed by atoms with Crippen LogP contribution in [0.5, 0.6) is 0 Å². The Morgan fingerprint density at radius 1 is 1.04 bits per heavy atom. The first-order valence-electron chi connectivity index (χ1n) is 9.10. The van der Waals surface area contributed by atoms with Crippen LogP contribution in [-0.2, 0) is 14.6 Å². The van der Waals surface area contributed by atoms with E-state index in [1.165, 1.54) is 11.3 Å². The molecule has 5 nitrogen and oxygen atoms in total. The summed E-state index contributed by atoms with van der Waals surface area (Å²) in [6, 6.07) is 9.96. The van der Waals surface area contributed by atoms with Gasteiger partial charge in [-0.15, -0.1) is 11.3 Å². The number of carbonyl (C=O) groups is 2. The van der Waals surface area contributed by atoms with E-state index in [1.807, 2.05) is 13.0 Å². The van der Waals surface area contributed by atoms with Crippen LogP contribution in [-0.4, -0.2) is 25.4 Å². The fourth-order valence-corrected chi connectivity index (χ4v) is 5.97. The molecule has 1 aromatic heterocycles. The van der Waals surface area contributed by atoms with Gasteiger partial charge in [0.05, 0.1) is 15.0 Å². The monoisotopic (exact) mass is 405 g/mol. The number of hydrogen-bond donors (Lipinski definition) is 1. The maximum Gasteiger partial charge on any atom is 0.224 e. The van der Waals surface area contributed by atoms with Gasteiger partial charge in [0.15, 0.2) is 15.6 Å². The zero-order chi connectivity index (χ0) is 19.4. The summed E-state index contributed by atoms with van der Waals surface area (Å²) in [6.45, 7) is 1.94. The Kier molecular flexibility index (Phi) is 6.11. The highest BCUT2D eigenvalue weighted by atomic mass is 32.2. The Hall–Kier alpha value is -1.99. The van der Waals surface area contributed by atoms with Gasteiger partial charge in [-0.25, -0.2) is 8.42 Å². The third-order valence-electron chi connectivity index (χ3n) is 4.80. The van der Waals surface area contributed by atoms with Crippen molar-refractivity contribution in [1.82, 2.24) is 0 Å². The van der Waals surface area contributed by atoms with E-state index < -0.39 is 9.84 Å². The zero-order valence-electron chi connectivity index (χ0n) is 15.2. The Morgan fingerprint density at radius 3 is 2.30 bits per heavy atom. The molecule has 1 aliphatic carbocycles. The number of nitrogens with one attached hydrogen (secondary N) is 1. The molecule has 1 heterocycles. The van der Waals surface area contributed by atoms with Crippen molar-refractivity contribution in [3.8, 4) is 0 Å². The van der Waals surface area contributed by atoms with Gasteiger partial charge in [0.1, 0.15) is 0 Å². The van der Waals surface area contributed by atoms with Gasteiger partial charge >= 0.3 is 0 Å². The lowest BCUT2D eigenvalue weighted by molar-refractivity contribution is -0.116. The van der Waals surface area contributed by atoms with Crippen molar-refractivity contribution in [2.75, 3.05) is 5.32 Å². The highest BCUT2D eigenvalue weighted by Gasteiger charge is 2.30. The fraction of sp³-hybridized carbons (Fsp3) is 0.400. The van der Waals surface area contributed by atoms with Crippen molar-refractivity contribution in [3.05, 3.63) is 46.2 Å². The molecule has 27 heavy (non-hydrogen) atoms. The summed E-state index contributed by atoms with van der Waals surface area (Å²) in [6.07, 6.45) is 3.61. The van der Waals surface area contributed by atoms with Gasteiger partial charge in [-0.2, -0.15) is 0 Å². The smallest absolute Gasteiger partial charge is 0.224 e. The molecule has 0 atom stereocenters. The van der Waals surface area contributed by atoms with Gasteiger partial charge in [0, 0.05) is 23.4 Å². The third kappa shape index (κ3) is 4.84. The molecule has 0 unspecified atom stereocenters. The molecule has 1 aliphatic rings. The molecule has 0 bridgehead atoms. The fourth-order valence-electron chi connectivity index (χ4n) is 3.28. The number of anilines is 1. The SMILES string of the molecule is Cc1ccc(C(=O)CCC(=O)Nc2ccc(S(=O)(=O)C3CCCC3)cc2)s1. The minimum atomic E-state index is -3.29. The molecule has 0 aliphatic heterocycles. The molecular formula is C20H23NO4S2. The summed E-state index contributed by atoms with van der Waals surface area (Å²) in [5.41, 5.74) is 0.532. The van der Waals surface area contributed by atoms with Crippen LogP contribution in [0.25, 0.3) is 0 Å². The van der Waals surface area contributed by atoms with Crippen LogP contribution >= 0.6 is 11.3 Å². The Bertz CT molecular complexity index is 923. The molecule has 7 heteroatoms. The van der Waals surface area contributed by atoms with E-state index in [2.05, 4.69) is 5.32 Å². The maximum absolute atomic E-state index is 12.6. The molecule has 0 radical (unpaired) electrons. The zero-order valence-corrected chi connectivity index (χ0v) is 16.9. The highest BCUT2D eigenvalue weighted by Crippen LogP contribution is 2.30. The van der Waals surface area contributed by atoms with Gasteiger partial charge in [0.25, 0.3) is 0 Å². The number of rotatable bonds is 7. The third-order valence-corrected chi connectivity index (χ3v) is 8.12. The molecule has 1 amide bonds. The van der Waals surface area contributed by atoms with Gasteiger partial charge in [-0.1, -0.05) is 12.8 Å². The number of thiophene rings is 1. The van der Waals surface area contributed by atoms with E-state index in [4.69, 9.17) is 0 Å². The average molecular weight is 406 g/mol. The van der Waals surface area contributed by atoms with Crippen molar-refractivity contribution in [1.29, 1.82) is 0 Å². The minimum absolute atomic E-state index is 0.0405. The van der Waals surface area contributed by atoms with Gasteiger partial charge < -0.3 is 5.32 Å². The molecule has 1 aromatic carbocycles. The van der Waals surface area contributed by atoms with Gasteiger partial charge in [-0.05, 0) is 56.2 Å². The van der Waals surface area contributed by atoms with E-state index in [-0.39, 0.29) is 29.8 Å². The van der Waals surface area contributed by atoms with E-state index in [0.717, 1.165) is 30.6 Å². The number of Topliss-reactive ketones (excluding diaryl/α,β-unsaturated/α-hetero) is 1. The number of benzene rings is 1. The number of amides is 1. The largest absolute Gasteiger partial charge is 0.326 e. The minimum Gasteiger partial charge on any atom is -0.326 e. The first-order valence-corrected chi connectivity index (χ1v) is 11.5. The van der Waals surface area contributed by atoms with Gasteiger partial charge in [-0.3, -0.25) is 9.59 Å². The van der Waals surface area contributed by atoms with Crippen LogP contribution in [0.1, 0.15) is 53.1 Å². The molecule has 1 fully saturated rings. The quantitative estimate of drug-likeness (QED) is 0.694. The Balaban J connectivity index is 1.54. The summed E-state index contributed by atoms with van der Waals surface area (Å²) < 4.78 is 25.1. The predicted molar refractivity (Wildman–Crippen MR) is 107 cm³/mol. The first-order chi connectivity index (χ1) is 12.9. The Morgan fingerprint density at radius 2 is 1.70 bits per heavy atom. The second-order valence-corrected chi connectivity index (χ2v) is 10.4. The standard InChI is InChI=1S/C20H23NO4S2/c1-14-6-12-19(26-14)18(22)11-13-20(23)21-15-7-9-17(10-8-15)27(24,25)16-4-2-3-5-16/h6-10,12,16H,2-5,11,13H2,1H3,(H,21,23). The number of carbonyl (C=O) groups excluding carboxylic acids is 2. The summed E-state index contributed by atoms with van der Waals surface area (Å²) in [5, 5.41) is 2.43. The number of sulfone groups is 1. The summed E-state index contributed by atoms with van der Waals surface area (Å²) in [4.78, 5) is 26.2. The normalized spacial score (nSPS) is 15.0. The van der Waals surface area contributed by atoms with Crippen molar-refractivity contribution in [2.24, 2.45) is 0 Å². The second kappa shape index (κ2) is 8.35. The molecule has 1 N–H and O–H groups in total. The molecule has 0 saturated heterocycles. The highest BCUT2D eigenvalue weighted by molar-refractivity contribution is 7.92. The van der Waals surface area contributed by atoms with Crippen molar-refractivity contribution in [3.63, 3.8) is 0 Å². The van der Waals surface area contributed by atoms with Crippen molar-refractivity contribution >= 4 is 38.6 Å². The summed E-state index contributed by atoms with van der Waals surface area (Å²) in [7, 11) is -3.29. The number of hydrogen-bond acceptors (Lipinski definition) is 5. The summed E-state index contributed by atoms with van der Waals surface area (Å²) >= 11 is 1.43. The van der Waals surface area contributed by atoms with Crippen molar-refractivity contribution < 1.29 is 18.0 Å². The number of ketones is 1. The Labute approximate surface area is 163 Å². The van der Waals surface area contributed by atoms with Crippen molar-refractivity contribution in [2.45, 2.75) is 55.6 Å². The molecule has 2 aromatic rings. The lowest BCUT2D eigenvalue weighted by Crippen LogP contribution is -2.18. The van der Waals surface area contributed by atoms with E-state index in [0.29, 0.717) is 15.5 Å². The predicted octanol–water partition coefficient (Wildman–Crippen LogP) is 4.37. The summed E-state index contributed by atoms with van der Waals surface area (Å²) in [5.74, 6) is -0.302. The van der Waals surface area contributed by atoms with Crippen LogP contribution in [0.3, 0.4) is 0 Å². The average Bonchev–Trinajstić information content (AvgIpc) is 3.32. The lowest BCUT2D eigenvalue weighted by atomic mass is 10.2. The molecular weight excluding hydrogens is 382 g/mol. The van der Waals surface area contributed by atoms with Crippen LogP contribution < -0.4 is 5.32 Å². The first kappa shape index (κ1) is 19.8. The van der Waals surface area contributed by atoms with Gasteiger partial charge in [0.2, 0.25) is 5.91 Å². The molecule has 0 spiro atoms. The molecule has 1 saturated carbocycles. The number of aryl methyl sites for hydroxylation is 1. The maximum atomic E-state index is 12.6. The van der Waals surface area contributed by atoms with Crippen LogP contribution in [0.2, 0.25) is 0 Å². The van der Waals surface area contributed by atoms with E-state index in [9.17, 15) is 18.0 Å². The van der Waals surface area contributed by atoms with E-state index in [1.54, 1.807) is 30.3 Å². The second-order valence-electron chi connectivity index (χ2n) is 6.86. The topological polar surface area (TPSA) is 80.3 Å². The molecule has 3 rings (SSSR count).